The summed E-state index contributed by atoms with van der Waals surface area (Å²) < 4.78 is 2.28. The van der Waals surface area contributed by atoms with Gasteiger partial charge in [0.1, 0.15) is 5.69 Å². The molecule has 0 spiro atoms. The van der Waals surface area contributed by atoms with Crippen molar-refractivity contribution < 1.29 is 0 Å². The Morgan fingerprint density at radius 1 is 0.485 bits per heavy atom. The zero-order valence-corrected chi connectivity index (χ0v) is 17.8. The van der Waals surface area contributed by atoms with Gasteiger partial charge in [-0.25, -0.2) is 9.97 Å². The average molecular weight is 422 g/mol. The molecule has 0 N–H and O–H groups in total. The van der Waals surface area contributed by atoms with E-state index >= 15 is 0 Å². The number of para-hydroxylation sites is 3. The second-order valence-electron chi connectivity index (χ2n) is 8.32. The van der Waals surface area contributed by atoms with E-state index < -0.39 is 0 Å². The first-order valence-electron chi connectivity index (χ1n) is 11.1. The van der Waals surface area contributed by atoms with Crippen LogP contribution in [-0.2, 0) is 0 Å². The Morgan fingerprint density at radius 2 is 1.12 bits per heavy atom. The first-order chi connectivity index (χ1) is 16.4. The Balaban J connectivity index is 1.68. The van der Waals surface area contributed by atoms with Crippen molar-refractivity contribution in [1.29, 1.82) is 0 Å². The maximum atomic E-state index is 5.17. The van der Waals surface area contributed by atoms with Crippen LogP contribution in [0.4, 0.5) is 0 Å². The molecule has 0 fully saturated rings. The van der Waals surface area contributed by atoms with Crippen LogP contribution in [0.25, 0.3) is 60.7 Å². The van der Waals surface area contributed by atoms with Crippen molar-refractivity contribution in [1.82, 2.24) is 14.5 Å². The molecule has 7 rings (SSSR count). The standard InChI is InChI=1S/C30H19N3/c1-2-10-20(11-3-1)29-30(32-26-16-8-7-15-25(26)31-29)33-27-17-9-6-14-23(27)24-18-21-12-4-5-13-22(21)19-28(24)33/h1-19H. The van der Waals surface area contributed by atoms with Crippen LogP contribution in [0.2, 0.25) is 0 Å². The lowest BCUT2D eigenvalue weighted by molar-refractivity contribution is 1.08. The Hall–Kier alpha value is -4.50. The number of hydrogen-bond acceptors (Lipinski definition) is 2. The number of benzene rings is 5. The maximum Gasteiger partial charge on any atom is 0.165 e. The van der Waals surface area contributed by atoms with Gasteiger partial charge >= 0.3 is 0 Å². The van der Waals surface area contributed by atoms with Crippen molar-refractivity contribution in [2.45, 2.75) is 0 Å². The quantitative estimate of drug-likeness (QED) is 0.289. The number of nitrogens with zero attached hydrogens (tertiary/aromatic N) is 3. The van der Waals surface area contributed by atoms with Crippen molar-refractivity contribution in [3.05, 3.63) is 115 Å². The molecule has 2 aromatic heterocycles. The van der Waals surface area contributed by atoms with E-state index in [1.807, 2.05) is 30.3 Å². The summed E-state index contributed by atoms with van der Waals surface area (Å²) in [5, 5.41) is 4.88. The molecule has 3 heteroatoms. The minimum Gasteiger partial charge on any atom is -0.292 e. The number of fused-ring (bicyclic) bond motifs is 5. The summed E-state index contributed by atoms with van der Waals surface area (Å²) in [6.45, 7) is 0. The summed E-state index contributed by atoms with van der Waals surface area (Å²) in [6, 6.07) is 40.1. The molecular weight excluding hydrogens is 402 g/mol. The molecule has 0 saturated carbocycles. The van der Waals surface area contributed by atoms with Crippen LogP contribution < -0.4 is 0 Å². The van der Waals surface area contributed by atoms with Gasteiger partial charge < -0.3 is 0 Å². The van der Waals surface area contributed by atoms with E-state index in [0.717, 1.165) is 39.1 Å². The Bertz CT molecular complexity index is 1810. The van der Waals surface area contributed by atoms with Gasteiger partial charge in [0, 0.05) is 16.3 Å². The van der Waals surface area contributed by atoms with Crippen LogP contribution in [0.3, 0.4) is 0 Å². The minimum atomic E-state index is 0.849. The molecule has 0 radical (unpaired) electrons. The molecule has 0 aliphatic rings. The van der Waals surface area contributed by atoms with Crippen LogP contribution in [-0.4, -0.2) is 14.5 Å². The Labute approximate surface area is 190 Å². The molecule has 0 saturated heterocycles. The highest BCUT2D eigenvalue weighted by Gasteiger charge is 2.19. The number of rotatable bonds is 2. The van der Waals surface area contributed by atoms with Gasteiger partial charge in [-0.15, -0.1) is 0 Å². The lowest BCUT2D eigenvalue weighted by Crippen LogP contribution is -2.03. The maximum absolute atomic E-state index is 5.17. The monoisotopic (exact) mass is 421 g/mol. The van der Waals surface area contributed by atoms with E-state index in [0.29, 0.717) is 0 Å². The fourth-order valence-corrected chi connectivity index (χ4v) is 4.82. The van der Waals surface area contributed by atoms with Gasteiger partial charge in [0.05, 0.1) is 22.1 Å². The zero-order chi connectivity index (χ0) is 21.8. The van der Waals surface area contributed by atoms with E-state index in [9.17, 15) is 0 Å². The van der Waals surface area contributed by atoms with Crippen LogP contribution in [0.15, 0.2) is 115 Å². The van der Waals surface area contributed by atoms with Crippen molar-refractivity contribution in [2.75, 3.05) is 0 Å². The van der Waals surface area contributed by atoms with Gasteiger partial charge in [-0.1, -0.05) is 84.9 Å². The second-order valence-corrected chi connectivity index (χ2v) is 8.32. The van der Waals surface area contributed by atoms with E-state index in [-0.39, 0.29) is 0 Å². The summed E-state index contributed by atoms with van der Waals surface area (Å²) in [4.78, 5) is 10.3. The van der Waals surface area contributed by atoms with Crippen molar-refractivity contribution in [3.8, 4) is 17.1 Å². The molecule has 0 aliphatic heterocycles. The molecule has 154 valence electrons. The van der Waals surface area contributed by atoms with Gasteiger partial charge in [0.15, 0.2) is 5.82 Å². The highest BCUT2D eigenvalue weighted by molar-refractivity contribution is 6.13. The van der Waals surface area contributed by atoms with Gasteiger partial charge in [-0.2, -0.15) is 0 Å². The fourth-order valence-electron chi connectivity index (χ4n) is 4.82. The van der Waals surface area contributed by atoms with E-state index in [2.05, 4.69) is 89.5 Å². The molecule has 0 amide bonds. The third kappa shape index (κ3) is 2.76. The zero-order valence-electron chi connectivity index (χ0n) is 17.8. The van der Waals surface area contributed by atoms with Gasteiger partial charge in [-0.3, -0.25) is 4.57 Å². The fraction of sp³-hybridized carbons (Fsp3) is 0. The third-order valence-corrected chi connectivity index (χ3v) is 6.35. The Kier molecular flexibility index (Phi) is 3.84. The molecule has 0 aliphatic carbocycles. The second kappa shape index (κ2) is 7.01. The van der Waals surface area contributed by atoms with Crippen molar-refractivity contribution in [2.24, 2.45) is 0 Å². The molecule has 7 aromatic rings. The highest BCUT2D eigenvalue weighted by atomic mass is 15.1. The molecular formula is C30H19N3. The predicted octanol–water partition coefficient (Wildman–Crippen LogP) is 7.55. The number of hydrogen-bond donors (Lipinski definition) is 0. The predicted molar refractivity (Wildman–Crippen MR) is 137 cm³/mol. The van der Waals surface area contributed by atoms with Crippen LogP contribution in [0.1, 0.15) is 0 Å². The van der Waals surface area contributed by atoms with Crippen molar-refractivity contribution >= 4 is 43.6 Å². The van der Waals surface area contributed by atoms with Gasteiger partial charge in [-0.05, 0) is 41.1 Å². The third-order valence-electron chi connectivity index (χ3n) is 6.35. The lowest BCUT2D eigenvalue weighted by Gasteiger charge is -2.14. The molecule has 0 atom stereocenters. The van der Waals surface area contributed by atoms with Gasteiger partial charge in [0.25, 0.3) is 0 Å². The molecule has 0 unspecified atom stereocenters. The normalized spacial score (nSPS) is 11.6. The van der Waals surface area contributed by atoms with E-state index in [4.69, 9.17) is 9.97 Å². The topological polar surface area (TPSA) is 30.7 Å². The summed E-state index contributed by atoms with van der Waals surface area (Å²) in [5.74, 6) is 0.849. The average Bonchev–Trinajstić information content (AvgIpc) is 3.20. The van der Waals surface area contributed by atoms with E-state index in [1.165, 1.54) is 21.5 Å². The van der Waals surface area contributed by atoms with Crippen LogP contribution in [0, 0.1) is 0 Å². The highest BCUT2D eigenvalue weighted by Crippen LogP contribution is 2.37. The van der Waals surface area contributed by atoms with Crippen LogP contribution >= 0.6 is 0 Å². The molecule has 33 heavy (non-hydrogen) atoms. The summed E-state index contributed by atoms with van der Waals surface area (Å²) in [6.07, 6.45) is 0. The summed E-state index contributed by atoms with van der Waals surface area (Å²) >= 11 is 0. The minimum absolute atomic E-state index is 0.849. The molecule has 0 bridgehead atoms. The van der Waals surface area contributed by atoms with Crippen LogP contribution in [0.5, 0.6) is 0 Å². The first-order valence-corrected chi connectivity index (χ1v) is 11.1. The summed E-state index contributed by atoms with van der Waals surface area (Å²) in [7, 11) is 0. The smallest absolute Gasteiger partial charge is 0.165 e. The first kappa shape index (κ1) is 18.1. The lowest BCUT2D eigenvalue weighted by atomic mass is 10.1. The molecule has 5 aromatic carbocycles. The van der Waals surface area contributed by atoms with Gasteiger partial charge in [0.2, 0.25) is 0 Å². The molecule has 3 nitrogen and oxygen atoms in total. The van der Waals surface area contributed by atoms with Crippen molar-refractivity contribution in [3.63, 3.8) is 0 Å². The summed E-state index contributed by atoms with van der Waals surface area (Å²) in [5.41, 5.74) is 5.98. The SMILES string of the molecule is c1ccc(-c2nc3ccccc3nc2-n2c3ccccc3c3cc4ccccc4cc32)cc1. The largest absolute Gasteiger partial charge is 0.292 e. The Morgan fingerprint density at radius 3 is 1.94 bits per heavy atom. The number of aromatic nitrogens is 3. The van der Waals surface area contributed by atoms with E-state index in [1.54, 1.807) is 0 Å². The molecule has 2 heterocycles.